The average molecular weight is 291 g/mol. The molecule has 0 atom stereocenters. The van der Waals surface area contributed by atoms with Crippen molar-refractivity contribution >= 4 is 5.91 Å². The van der Waals surface area contributed by atoms with Gasteiger partial charge in [0.15, 0.2) is 0 Å². The first kappa shape index (κ1) is 15.7. The zero-order chi connectivity index (χ0) is 15.2. The van der Waals surface area contributed by atoms with Crippen LogP contribution in [0.1, 0.15) is 45.1 Å². The normalized spacial score (nSPS) is 16.3. The second kappa shape index (κ2) is 7.38. The zero-order valence-corrected chi connectivity index (χ0v) is 13.2. The lowest BCUT2D eigenvalue weighted by Gasteiger charge is -2.33. The Morgan fingerprint density at radius 3 is 2.38 bits per heavy atom. The van der Waals surface area contributed by atoms with Crippen LogP contribution in [0.5, 0.6) is 6.01 Å². The van der Waals surface area contributed by atoms with Gasteiger partial charge >= 0.3 is 6.01 Å². The van der Waals surface area contributed by atoms with Crippen molar-refractivity contribution < 1.29 is 9.53 Å². The van der Waals surface area contributed by atoms with E-state index < -0.39 is 0 Å². The number of hydrogen-bond acceptors (Lipinski definition) is 4. The molecule has 1 aliphatic heterocycles. The molecule has 1 saturated heterocycles. The quantitative estimate of drug-likeness (QED) is 0.836. The highest BCUT2D eigenvalue weighted by Gasteiger charge is 2.27. The molecule has 1 aromatic rings. The first-order valence-electron chi connectivity index (χ1n) is 7.88. The van der Waals surface area contributed by atoms with Crippen LogP contribution in [0.25, 0.3) is 0 Å². The molecule has 1 fully saturated rings. The summed E-state index contributed by atoms with van der Waals surface area (Å²) in [6.45, 7) is 7.65. The van der Waals surface area contributed by atoms with Crippen molar-refractivity contribution in [3.05, 3.63) is 18.0 Å². The van der Waals surface area contributed by atoms with Gasteiger partial charge in [-0.1, -0.05) is 13.8 Å². The SMILES string of the molecule is CCC(CC)C(=O)N1CCC(Oc2ncc(C)cn2)CC1. The van der Waals surface area contributed by atoms with E-state index in [2.05, 4.69) is 23.8 Å². The van der Waals surface area contributed by atoms with Crippen LogP contribution in [0, 0.1) is 12.8 Å². The van der Waals surface area contributed by atoms with E-state index in [0.29, 0.717) is 11.9 Å². The molecule has 5 nitrogen and oxygen atoms in total. The van der Waals surface area contributed by atoms with Crippen LogP contribution >= 0.6 is 0 Å². The molecule has 5 heteroatoms. The number of hydrogen-bond donors (Lipinski definition) is 0. The Morgan fingerprint density at radius 1 is 1.29 bits per heavy atom. The first-order chi connectivity index (χ1) is 10.1. The molecule has 2 rings (SSSR count). The molecule has 1 aliphatic rings. The van der Waals surface area contributed by atoms with Gasteiger partial charge < -0.3 is 9.64 Å². The summed E-state index contributed by atoms with van der Waals surface area (Å²) < 4.78 is 5.79. The maximum atomic E-state index is 12.3. The molecule has 0 aromatic carbocycles. The Kier molecular flexibility index (Phi) is 5.53. The molecule has 0 unspecified atom stereocenters. The molecule has 116 valence electrons. The van der Waals surface area contributed by atoms with Gasteiger partial charge in [-0.2, -0.15) is 0 Å². The van der Waals surface area contributed by atoms with E-state index in [1.54, 1.807) is 12.4 Å². The van der Waals surface area contributed by atoms with Crippen LogP contribution in [0.15, 0.2) is 12.4 Å². The molecule has 0 N–H and O–H groups in total. The van der Waals surface area contributed by atoms with Crippen molar-refractivity contribution in [2.75, 3.05) is 13.1 Å². The Bertz CT molecular complexity index is 449. The maximum Gasteiger partial charge on any atom is 0.316 e. The maximum absolute atomic E-state index is 12.3. The van der Waals surface area contributed by atoms with Gasteiger partial charge in [-0.3, -0.25) is 4.79 Å². The van der Waals surface area contributed by atoms with E-state index in [-0.39, 0.29) is 12.0 Å². The topological polar surface area (TPSA) is 55.3 Å². The van der Waals surface area contributed by atoms with Crippen molar-refractivity contribution in [2.24, 2.45) is 5.92 Å². The van der Waals surface area contributed by atoms with Gasteiger partial charge in [0.25, 0.3) is 0 Å². The largest absolute Gasteiger partial charge is 0.460 e. The minimum atomic E-state index is 0.110. The summed E-state index contributed by atoms with van der Waals surface area (Å²) in [6, 6.07) is 0.436. The van der Waals surface area contributed by atoms with Gasteiger partial charge in [-0.05, 0) is 25.3 Å². The van der Waals surface area contributed by atoms with E-state index >= 15 is 0 Å². The van der Waals surface area contributed by atoms with Gasteiger partial charge in [0.2, 0.25) is 5.91 Å². The Hall–Kier alpha value is -1.65. The summed E-state index contributed by atoms with van der Waals surface area (Å²) in [6.07, 6.45) is 7.17. The average Bonchev–Trinajstić information content (AvgIpc) is 2.51. The number of rotatable bonds is 5. The molecule has 0 spiro atoms. The van der Waals surface area contributed by atoms with Gasteiger partial charge in [-0.25, -0.2) is 9.97 Å². The minimum absolute atomic E-state index is 0.110. The summed E-state index contributed by atoms with van der Waals surface area (Å²) in [4.78, 5) is 22.6. The van der Waals surface area contributed by atoms with Gasteiger partial charge in [0, 0.05) is 44.2 Å². The third-order valence-corrected chi connectivity index (χ3v) is 4.12. The summed E-state index contributed by atoms with van der Waals surface area (Å²) in [5.41, 5.74) is 1.02. The molecule has 0 saturated carbocycles. The van der Waals surface area contributed by atoms with Gasteiger partial charge in [0.05, 0.1) is 0 Å². The fourth-order valence-corrected chi connectivity index (χ4v) is 2.68. The Labute approximate surface area is 126 Å². The molecule has 1 aromatic heterocycles. The fourth-order valence-electron chi connectivity index (χ4n) is 2.68. The van der Waals surface area contributed by atoms with Crippen LogP contribution in [0.3, 0.4) is 0 Å². The molecular weight excluding hydrogens is 266 g/mol. The summed E-state index contributed by atoms with van der Waals surface area (Å²) in [5, 5.41) is 0. The lowest BCUT2D eigenvalue weighted by molar-refractivity contribution is -0.137. The highest BCUT2D eigenvalue weighted by molar-refractivity contribution is 5.78. The number of piperidine rings is 1. The predicted molar refractivity (Wildman–Crippen MR) is 81.1 cm³/mol. The van der Waals surface area contributed by atoms with E-state index in [9.17, 15) is 4.79 Å². The van der Waals surface area contributed by atoms with Crippen molar-refractivity contribution in [1.82, 2.24) is 14.9 Å². The van der Waals surface area contributed by atoms with E-state index in [1.165, 1.54) is 0 Å². The van der Waals surface area contributed by atoms with E-state index in [0.717, 1.165) is 44.3 Å². The van der Waals surface area contributed by atoms with Crippen LogP contribution in [0.4, 0.5) is 0 Å². The Balaban J connectivity index is 1.83. The molecule has 0 radical (unpaired) electrons. The Morgan fingerprint density at radius 2 is 1.86 bits per heavy atom. The van der Waals surface area contributed by atoms with Crippen molar-refractivity contribution in [3.8, 4) is 6.01 Å². The smallest absolute Gasteiger partial charge is 0.316 e. The zero-order valence-electron chi connectivity index (χ0n) is 13.2. The summed E-state index contributed by atoms with van der Waals surface area (Å²) in [5.74, 6) is 0.466. The molecule has 1 amide bonds. The van der Waals surface area contributed by atoms with Crippen LogP contribution in [-0.4, -0.2) is 40.0 Å². The second-order valence-electron chi connectivity index (χ2n) is 5.70. The van der Waals surface area contributed by atoms with Crippen molar-refractivity contribution in [2.45, 2.75) is 52.6 Å². The number of aromatic nitrogens is 2. The minimum Gasteiger partial charge on any atom is -0.460 e. The number of likely N-dealkylation sites (tertiary alicyclic amines) is 1. The number of carbonyl (C=O) groups excluding carboxylic acids is 1. The third-order valence-electron chi connectivity index (χ3n) is 4.12. The molecule has 2 heterocycles. The van der Waals surface area contributed by atoms with Gasteiger partial charge in [0.1, 0.15) is 6.10 Å². The third kappa shape index (κ3) is 4.16. The van der Waals surface area contributed by atoms with Crippen LogP contribution < -0.4 is 4.74 Å². The predicted octanol–water partition coefficient (Wildman–Crippen LogP) is 2.59. The second-order valence-corrected chi connectivity index (χ2v) is 5.70. The number of amides is 1. The monoisotopic (exact) mass is 291 g/mol. The lowest BCUT2D eigenvalue weighted by Crippen LogP contribution is -2.44. The number of nitrogens with zero attached hydrogens (tertiary/aromatic N) is 3. The van der Waals surface area contributed by atoms with Gasteiger partial charge in [-0.15, -0.1) is 0 Å². The van der Waals surface area contributed by atoms with Crippen molar-refractivity contribution in [3.63, 3.8) is 0 Å². The van der Waals surface area contributed by atoms with E-state index in [1.807, 2.05) is 11.8 Å². The molecular formula is C16H25N3O2. The fraction of sp³-hybridized carbons (Fsp3) is 0.688. The standard InChI is InChI=1S/C16H25N3O2/c1-4-13(5-2)15(20)19-8-6-14(7-9-19)21-16-17-10-12(3)11-18-16/h10-11,13-14H,4-9H2,1-3H3. The number of carbonyl (C=O) groups is 1. The summed E-state index contributed by atoms with van der Waals surface area (Å²) in [7, 11) is 0. The van der Waals surface area contributed by atoms with Crippen molar-refractivity contribution in [1.29, 1.82) is 0 Å². The molecule has 0 aliphatic carbocycles. The molecule has 21 heavy (non-hydrogen) atoms. The highest BCUT2D eigenvalue weighted by Crippen LogP contribution is 2.19. The van der Waals surface area contributed by atoms with Crippen LogP contribution in [0.2, 0.25) is 0 Å². The highest BCUT2D eigenvalue weighted by atomic mass is 16.5. The summed E-state index contributed by atoms with van der Waals surface area (Å²) >= 11 is 0. The molecule has 0 bridgehead atoms. The van der Waals surface area contributed by atoms with Crippen LogP contribution in [-0.2, 0) is 4.79 Å². The lowest BCUT2D eigenvalue weighted by atomic mass is 9.99. The number of ether oxygens (including phenoxy) is 1. The number of aryl methyl sites for hydroxylation is 1. The van der Waals surface area contributed by atoms with E-state index in [4.69, 9.17) is 4.74 Å². The first-order valence-corrected chi connectivity index (χ1v) is 7.88.